The first-order chi connectivity index (χ1) is 15.6. The highest BCUT2D eigenvalue weighted by Crippen LogP contribution is 2.52. The molecule has 2 N–H and O–H groups in total. The quantitative estimate of drug-likeness (QED) is 0.607. The summed E-state index contributed by atoms with van der Waals surface area (Å²) in [6.45, 7) is 4.07. The van der Waals surface area contributed by atoms with Crippen molar-refractivity contribution in [1.82, 2.24) is 9.38 Å². The van der Waals surface area contributed by atoms with Gasteiger partial charge in [0.1, 0.15) is 11.5 Å². The van der Waals surface area contributed by atoms with Crippen molar-refractivity contribution in [3.63, 3.8) is 0 Å². The van der Waals surface area contributed by atoms with Gasteiger partial charge in [-0.25, -0.2) is 18.6 Å². The van der Waals surface area contributed by atoms with Crippen LogP contribution in [0, 0.1) is 18.8 Å². The van der Waals surface area contributed by atoms with Crippen molar-refractivity contribution in [2.75, 3.05) is 23.3 Å². The number of anilines is 2. The second-order valence-electron chi connectivity index (χ2n) is 9.04. The van der Waals surface area contributed by atoms with Crippen LogP contribution in [0.2, 0.25) is 0 Å². The molecule has 4 heterocycles. The number of fused-ring (bicyclic) bond motifs is 3. The Morgan fingerprint density at radius 3 is 2.61 bits per heavy atom. The van der Waals surface area contributed by atoms with Gasteiger partial charge < -0.3 is 15.3 Å². The first-order valence-corrected chi connectivity index (χ1v) is 10.9. The average molecular weight is 454 g/mol. The minimum absolute atomic E-state index is 0.139. The molecule has 3 atom stereocenters. The normalized spacial score (nSPS) is 22.0. The van der Waals surface area contributed by atoms with Gasteiger partial charge in [0.05, 0.1) is 11.6 Å². The Kier molecular flexibility index (Phi) is 4.88. The monoisotopic (exact) mass is 454 g/mol. The van der Waals surface area contributed by atoms with Gasteiger partial charge in [0.2, 0.25) is 0 Å². The van der Waals surface area contributed by atoms with Gasteiger partial charge in [-0.2, -0.15) is 0 Å². The number of alkyl halides is 2. The van der Waals surface area contributed by atoms with E-state index in [2.05, 4.69) is 5.32 Å². The molecule has 6 rings (SSSR count). The number of carboxylic acids is 1. The lowest BCUT2D eigenvalue weighted by atomic mass is 9.67. The van der Waals surface area contributed by atoms with Crippen molar-refractivity contribution in [1.29, 1.82) is 0 Å². The van der Waals surface area contributed by atoms with E-state index in [1.54, 1.807) is 29.3 Å². The number of piperidine rings is 2. The van der Waals surface area contributed by atoms with Crippen LogP contribution in [0.25, 0.3) is 5.65 Å². The summed E-state index contributed by atoms with van der Waals surface area (Å²) in [6, 6.07) is 9.52. The molecule has 2 unspecified atom stereocenters. The third-order valence-corrected chi connectivity index (χ3v) is 6.77. The molecule has 2 bridgehead atoms. The number of rotatable bonds is 5. The summed E-state index contributed by atoms with van der Waals surface area (Å²) >= 11 is 0. The van der Waals surface area contributed by atoms with Gasteiger partial charge in [-0.05, 0) is 44.0 Å². The number of hydrogen-bond acceptors (Lipinski definition) is 5. The Hall–Kier alpha value is -3.49. The molecule has 172 valence electrons. The van der Waals surface area contributed by atoms with Crippen molar-refractivity contribution in [3.05, 3.63) is 69.6 Å². The lowest BCUT2D eigenvalue weighted by Gasteiger charge is -2.53. The highest BCUT2D eigenvalue weighted by Gasteiger charge is 2.61. The lowest BCUT2D eigenvalue weighted by molar-refractivity contribution is -0.194. The Labute approximate surface area is 188 Å². The van der Waals surface area contributed by atoms with Crippen molar-refractivity contribution >= 4 is 23.1 Å². The van der Waals surface area contributed by atoms with Crippen LogP contribution >= 0.6 is 0 Å². The molecule has 1 aliphatic carbocycles. The zero-order chi connectivity index (χ0) is 23.5. The predicted octanol–water partition coefficient (Wildman–Crippen LogP) is 3.97. The molecule has 9 heteroatoms. The standard InChI is InChI=1S/C24H24F2N4O3/c1-13-7-18(14(2)27-19-6-4-3-5-17(19)23(32)33)22-28-20(9-21(31)30(22)10-13)29-11-15-8-16(12-29)24(15,25)26/h3-7,9-10,14-16,27H,8,11-12H2,1-2H3,(H,32,33)/t14-,15?,16?/m1/s1. The third kappa shape index (κ3) is 3.51. The van der Waals surface area contributed by atoms with E-state index < -0.39 is 23.7 Å². The molecule has 2 aliphatic heterocycles. The molecular weight excluding hydrogens is 430 g/mol. The molecule has 7 nitrogen and oxygen atoms in total. The van der Waals surface area contributed by atoms with Gasteiger partial charge in [-0.3, -0.25) is 9.20 Å². The highest BCUT2D eigenvalue weighted by molar-refractivity contribution is 5.94. The van der Waals surface area contributed by atoms with Crippen molar-refractivity contribution in [2.24, 2.45) is 11.8 Å². The van der Waals surface area contributed by atoms with Crippen LogP contribution in [-0.2, 0) is 0 Å². The molecule has 3 aliphatic rings. The van der Waals surface area contributed by atoms with Gasteiger partial charge in [0, 0.05) is 48.4 Å². The SMILES string of the molecule is Cc1cc([C@@H](C)Nc2ccccc2C(=O)O)c2nc(N3CC4CC(C3)C4(F)F)cc(=O)n2c1. The number of aryl methyl sites for hydroxylation is 1. The Morgan fingerprint density at radius 1 is 1.24 bits per heavy atom. The fourth-order valence-electron chi connectivity index (χ4n) is 4.96. The zero-order valence-corrected chi connectivity index (χ0v) is 18.3. The summed E-state index contributed by atoms with van der Waals surface area (Å²) in [5, 5.41) is 12.7. The molecular formula is C24H24F2N4O3. The fourth-order valence-corrected chi connectivity index (χ4v) is 4.96. The molecule has 1 saturated carbocycles. The Balaban J connectivity index is 1.54. The number of aromatic nitrogens is 2. The number of pyridine rings is 1. The van der Waals surface area contributed by atoms with Gasteiger partial charge in [0.25, 0.3) is 11.5 Å². The lowest BCUT2D eigenvalue weighted by Crippen LogP contribution is -2.63. The smallest absolute Gasteiger partial charge is 0.337 e. The number of carbonyl (C=O) groups is 1. The molecule has 0 radical (unpaired) electrons. The van der Waals surface area contributed by atoms with E-state index in [-0.39, 0.29) is 30.3 Å². The summed E-state index contributed by atoms with van der Waals surface area (Å²) < 4.78 is 29.5. The maximum absolute atomic E-state index is 14.0. The summed E-state index contributed by atoms with van der Waals surface area (Å²) in [6.07, 6.45) is 2.20. The molecule has 1 aromatic carbocycles. The number of para-hydroxylation sites is 1. The Morgan fingerprint density at radius 2 is 1.94 bits per heavy atom. The second kappa shape index (κ2) is 7.54. The van der Waals surface area contributed by atoms with Gasteiger partial charge in [-0.1, -0.05) is 12.1 Å². The first kappa shape index (κ1) is 21.4. The molecule has 0 spiro atoms. The van der Waals surface area contributed by atoms with Crippen LogP contribution in [0.5, 0.6) is 0 Å². The van der Waals surface area contributed by atoms with Crippen molar-refractivity contribution in [3.8, 4) is 0 Å². The summed E-state index contributed by atoms with van der Waals surface area (Å²) in [4.78, 5) is 31.0. The van der Waals surface area contributed by atoms with Crippen LogP contribution in [0.1, 0.15) is 40.9 Å². The first-order valence-electron chi connectivity index (χ1n) is 10.9. The van der Waals surface area contributed by atoms with Crippen LogP contribution in [0.4, 0.5) is 20.3 Å². The fraction of sp³-hybridized carbons (Fsp3) is 0.375. The molecule has 3 fully saturated rings. The van der Waals surface area contributed by atoms with Crippen LogP contribution in [0.3, 0.4) is 0 Å². The number of hydrogen-bond donors (Lipinski definition) is 2. The molecule has 2 aromatic heterocycles. The van der Waals surface area contributed by atoms with Gasteiger partial charge >= 0.3 is 5.97 Å². The van der Waals surface area contributed by atoms with Crippen molar-refractivity contribution < 1.29 is 18.7 Å². The van der Waals surface area contributed by atoms with E-state index in [0.717, 1.165) is 5.56 Å². The van der Waals surface area contributed by atoms with E-state index in [1.807, 2.05) is 19.9 Å². The summed E-state index contributed by atoms with van der Waals surface area (Å²) in [5.41, 5.74) is 2.27. The van der Waals surface area contributed by atoms with E-state index >= 15 is 0 Å². The zero-order valence-electron chi connectivity index (χ0n) is 18.3. The van der Waals surface area contributed by atoms with Crippen LogP contribution in [-0.4, -0.2) is 39.5 Å². The minimum atomic E-state index is -2.64. The van der Waals surface area contributed by atoms with Crippen LogP contribution < -0.4 is 15.8 Å². The summed E-state index contributed by atoms with van der Waals surface area (Å²) in [7, 11) is 0. The van der Waals surface area contributed by atoms with E-state index in [4.69, 9.17) is 4.98 Å². The molecule has 2 saturated heterocycles. The highest BCUT2D eigenvalue weighted by atomic mass is 19.3. The number of halogens is 2. The number of aromatic carboxylic acids is 1. The second-order valence-corrected chi connectivity index (χ2v) is 9.04. The maximum Gasteiger partial charge on any atom is 0.337 e. The number of nitrogens with zero attached hydrogens (tertiary/aromatic N) is 3. The third-order valence-electron chi connectivity index (χ3n) is 6.77. The number of nitrogens with one attached hydrogen (secondary N) is 1. The van der Waals surface area contributed by atoms with Gasteiger partial charge in [0.15, 0.2) is 0 Å². The molecule has 33 heavy (non-hydrogen) atoms. The van der Waals surface area contributed by atoms with E-state index in [0.29, 0.717) is 29.1 Å². The van der Waals surface area contributed by atoms with E-state index in [9.17, 15) is 23.5 Å². The topological polar surface area (TPSA) is 86.9 Å². The average Bonchev–Trinajstić information content (AvgIpc) is 2.79. The minimum Gasteiger partial charge on any atom is -0.478 e. The molecule has 3 aromatic rings. The Bertz CT molecular complexity index is 1310. The summed E-state index contributed by atoms with van der Waals surface area (Å²) in [5.74, 6) is -4.70. The van der Waals surface area contributed by atoms with Gasteiger partial charge in [-0.15, -0.1) is 0 Å². The maximum atomic E-state index is 14.0. The van der Waals surface area contributed by atoms with Crippen LogP contribution in [0.15, 0.2) is 47.4 Å². The van der Waals surface area contributed by atoms with Crippen molar-refractivity contribution in [2.45, 2.75) is 32.2 Å². The number of carboxylic acid groups (broad SMARTS) is 1. The predicted molar refractivity (Wildman–Crippen MR) is 120 cm³/mol. The van der Waals surface area contributed by atoms with E-state index in [1.165, 1.54) is 16.5 Å². The number of benzene rings is 1. The largest absolute Gasteiger partial charge is 0.478 e. The molecule has 0 amide bonds.